The molecule has 1 N–H and O–H groups in total. The van der Waals surface area contributed by atoms with Crippen molar-refractivity contribution in [2.24, 2.45) is 11.3 Å². The van der Waals surface area contributed by atoms with E-state index in [9.17, 15) is 14.4 Å². The lowest BCUT2D eigenvalue weighted by Gasteiger charge is -2.44. The molecule has 0 spiro atoms. The molecule has 0 aromatic carbocycles. The molecular formula is C27H34N4O3S. The molecule has 3 fully saturated rings. The van der Waals surface area contributed by atoms with E-state index in [1.165, 1.54) is 11.3 Å². The number of piperidine rings is 1. The van der Waals surface area contributed by atoms with Gasteiger partial charge in [-0.2, -0.15) is 0 Å². The number of rotatable bonds is 6. The van der Waals surface area contributed by atoms with Crippen molar-refractivity contribution in [2.45, 2.75) is 63.8 Å². The second-order valence-corrected chi connectivity index (χ2v) is 11.5. The van der Waals surface area contributed by atoms with Gasteiger partial charge in [-0.25, -0.2) is 4.79 Å². The highest BCUT2D eigenvalue weighted by molar-refractivity contribution is 7.09. The summed E-state index contributed by atoms with van der Waals surface area (Å²) in [6.45, 7) is 3.69. The van der Waals surface area contributed by atoms with Crippen molar-refractivity contribution < 1.29 is 14.4 Å². The molecule has 0 unspecified atom stereocenters. The fourth-order valence-corrected chi connectivity index (χ4v) is 6.92. The predicted octanol–water partition coefficient (Wildman–Crippen LogP) is 4.34. The zero-order valence-electron chi connectivity index (χ0n) is 20.4. The summed E-state index contributed by atoms with van der Waals surface area (Å²) >= 11 is 1.63. The maximum atomic E-state index is 13.9. The number of nitrogens with zero attached hydrogens (tertiary/aromatic N) is 3. The number of likely N-dealkylation sites (tertiary alicyclic amines) is 1. The molecule has 2 aliphatic heterocycles. The van der Waals surface area contributed by atoms with E-state index in [1.54, 1.807) is 23.7 Å². The van der Waals surface area contributed by atoms with Gasteiger partial charge >= 0.3 is 6.03 Å². The lowest BCUT2D eigenvalue weighted by atomic mass is 9.72. The Labute approximate surface area is 210 Å². The quantitative estimate of drug-likeness (QED) is 0.606. The molecule has 4 amide bonds. The standard InChI is InChI=1S/C27H34N4O3S/c1-26(12-3-2-4-13-26)23(32)30-15-9-20(10-16-30)27(21-7-5-14-28-19-21)24(33)31(25(34)29-27)17-11-22-8-6-18-35-22/h5-8,14,18-20H,2-4,9-13,15-17H2,1H3,(H,29,34)/t27-/m0/s1. The molecule has 2 aromatic rings. The van der Waals surface area contributed by atoms with Gasteiger partial charge in [-0.05, 0) is 55.5 Å². The number of aromatic nitrogens is 1. The van der Waals surface area contributed by atoms with Gasteiger partial charge in [0.25, 0.3) is 5.91 Å². The van der Waals surface area contributed by atoms with Crippen LogP contribution in [0.15, 0.2) is 42.0 Å². The number of carbonyl (C=O) groups excluding carboxylic acids is 3. The van der Waals surface area contributed by atoms with E-state index < -0.39 is 5.54 Å². The number of urea groups is 1. The summed E-state index contributed by atoms with van der Waals surface area (Å²) in [5.41, 5.74) is -0.673. The Kier molecular flexibility index (Phi) is 6.66. The molecule has 5 rings (SSSR count). The van der Waals surface area contributed by atoms with E-state index >= 15 is 0 Å². The summed E-state index contributed by atoms with van der Waals surface area (Å²) in [5.74, 6) is -0.0420. The average Bonchev–Trinajstić information content (AvgIpc) is 3.50. The fraction of sp³-hybridized carbons (Fsp3) is 0.556. The van der Waals surface area contributed by atoms with Gasteiger partial charge in [0, 0.05) is 47.9 Å². The first kappa shape index (κ1) is 24.0. The highest BCUT2D eigenvalue weighted by Gasteiger charge is 2.57. The number of thiophene rings is 1. The van der Waals surface area contributed by atoms with Crippen LogP contribution in [-0.2, 0) is 21.5 Å². The van der Waals surface area contributed by atoms with Crippen LogP contribution < -0.4 is 5.32 Å². The van der Waals surface area contributed by atoms with Crippen molar-refractivity contribution in [3.8, 4) is 0 Å². The van der Waals surface area contributed by atoms with Crippen LogP contribution >= 0.6 is 11.3 Å². The topological polar surface area (TPSA) is 82.6 Å². The van der Waals surface area contributed by atoms with Gasteiger partial charge in [0.05, 0.1) is 0 Å². The maximum absolute atomic E-state index is 13.9. The third kappa shape index (κ3) is 4.37. The summed E-state index contributed by atoms with van der Waals surface area (Å²) in [7, 11) is 0. The smallest absolute Gasteiger partial charge is 0.325 e. The third-order valence-electron chi connectivity index (χ3n) is 8.28. The van der Waals surface area contributed by atoms with Crippen LogP contribution in [0.25, 0.3) is 0 Å². The van der Waals surface area contributed by atoms with Crippen molar-refractivity contribution in [3.05, 3.63) is 52.5 Å². The Morgan fingerprint density at radius 2 is 1.91 bits per heavy atom. The minimum Gasteiger partial charge on any atom is -0.342 e. The Bertz CT molecular complexity index is 1060. The first-order chi connectivity index (χ1) is 16.9. The Balaban J connectivity index is 1.35. The molecule has 186 valence electrons. The Morgan fingerprint density at radius 1 is 1.14 bits per heavy atom. The van der Waals surface area contributed by atoms with Gasteiger partial charge in [-0.15, -0.1) is 11.3 Å². The number of hydrogen-bond acceptors (Lipinski definition) is 5. The fourth-order valence-electron chi connectivity index (χ4n) is 6.22. The predicted molar refractivity (Wildman–Crippen MR) is 135 cm³/mol. The van der Waals surface area contributed by atoms with E-state index in [1.807, 2.05) is 34.5 Å². The lowest BCUT2D eigenvalue weighted by Crippen LogP contribution is -2.55. The first-order valence-electron chi connectivity index (χ1n) is 12.8. The van der Waals surface area contributed by atoms with Crippen molar-refractivity contribution in [1.29, 1.82) is 0 Å². The second-order valence-electron chi connectivity index (χ2n) is 10.5. The van der Waals surface area contributed by atoms with Crippen molar-refractivity contribution in [1.82, 2.24) is 20.1 Å². The van der Waals surface area contributed by atoms with Gasteiger partial charge in [-0.1, -0.05) is 38.3 Å². The zero-order chi connectivity index (χ0) is 24.5. The first-order valence-corrected chi connectivity index (χ1v) is 13.7. The minimum absolute atomic E-state index is 0.0990. The van der Waals surface area contributed by atoms with Crippen molar-refractivity contribution >= 4 is 29.2 Å². The van der Waals surface area contributed by atoms with Crippen molar-refractivity contribution in [3.63, 3.8) is 0 Å². The summed E-state index contributed by atoms with van der Waals surface area (Å²) < 4.78 is 0. The molecule has 7 nitrogen and oxygen atoms in total. The summed E-state index contributed by atoms with van der Waals surface area (Å²) in [5, 5.41) is 5.10. The van der Waals surface area contributed by atoms with E-state index in [0.29, 0.717) is 38.9 Å². The molecule has 1 aliphatic carbocycles. The zero-order valence-corrected chi connectivity index (χ0v) is 21.2. The molecule has 4 heterocycles. The van der Waals surface area contributed by atoms with Crippen LogP contribution in [-0.4, -0.2) is 52.3 Å². The molecule has 8 heteroatoms. The van der Waals surface area contributed by atoms with E-state index in [0.717, 1.165) is 36.1 Å². The highest BCUT2D eigenvalue weighted by atomic mass is 32.1. The number of amides is 4. The number of hydrogen-bond donors (Lipinski definition) is 1. The Hall–Kier alpha value is -2.74. The van der Waals surface area contributed by atoms with Gasteiger partial charge in [0.2, 0.25) is 5.91 Å². The summed E-state index contributed by atoms with van der Waals surface area (Å²) in [6, 6.07) is 7.36. The highest BCUT2D eigenvalue weighted by Crippen LogP contribution is 2.43. The van der Waals surface area contributed by atoms with Crippen LogP contribution in [0, 0.1) is 11.3 Å². The monoisotopic (exact) mass is 494 g/mol. The second kappa shape index (κ2) is 9.72. The van der Waals surface area contributed by atoms with Crippen LogP contribution in [0.3, 0.4) is 0 Å². The molecule has 2 saturated heterocycles. The SMILES string of the molecule is CC1(C(=O)N2CCC([C@@]3(c4cccnc4)NC(=O)N(CCc4cccs4)C3=O)CC2)CCCCC1. The number of pyridine rings is 1. The molecular weight excluding hydrogens is 460 g/mol. The normalized spacial score (nSPS) is 25.1. The molecule has 0 radical (unpaired) electrons. The van der Waals surface area contributed by atoms with E-state index in [4.69, 9.17) is 0 Å². The van der Waals surface area contributed by atoms with Gasteiger partial charge in [0.1, 0.15) is 0 Å². The van der Waals surface area contributed by atoms with Crippen molar-refractivity contribution in [2.75, 3.05) is 19.6 Å². The van der Waals surface area contributed by atoms with Gasteiger partial charge in [0.15, 0.2) is 5.54 Å². The Morgan fingerprint density at radius 3 is 2.57 bits per heavy atom. The molecule has 3 aliphatic rings. The molecule has 1 saturated carbocycles. The van der Waals surface area contributed by atoms with E-state index in [2.05, 4.69) is 17.2 Å². The van der Waals surface area contributed by atoms with Gasteiger partial charge in [-0.3, -0.25) is 19.5 Å². The van der Waals surface area contributed by atoms with Gasteiger partial charge < -0.3 is 10.2 Å². The maximum Gasteiger partial charge on any atom is 0.325 e. The minimum atomic E-state index is -1.13. The molecule has 1 atom stereocenters. The number of nitrogens with one attached hydrogen (secondary N) is 1. The molecule has 0 bridgehead atoms. The average molecular weight is 495 g/mol. The number of imide groups is 1. The van der Waals surface area contributed by atoms with E-state index in [-0.39, 0.29) is 29.2 Å². The molecule has 35 heavy (non-hydrogen) atoms. The summed E-state index contributed by atoms with van der Waals surface area (Å²) in [4.78, 5) is 49.2. The van der Waals surface area contributed by atoms with Crippen LogP contribution in [0.2, 0.25) is 0 Å². The lowest BCUT2D eigenvalue weighted by molar-refractivity contribution is -0.145. The molecule has 2 aromatic heterocycles. The third-order valence-corrected chi connectivity index (χ3v) is 9.21. The van der Waals surface area contributed by atoms with Crippen LogP contribution in [0.4, 0.5) is 4.79 Å². The largest absolute Gasteiger partial charge is 0.342 e. The number of carbonyl (C=O) groups is 3. The van der Waals surface area contributed by atoms with Crippen LogP contribution in [0.1, 0.15) is 62.3 Å². The van der Waals surface area contributed by atoms with Crippen LogP contribution in [0.5, 0.6) is 0 Å². The summed E-state index contributed by atoms with van der Waals surface area (Å²) in [6.07, 6.45) is 10.7.